The molecule has 0 aromatic heterocycles. The third kappa shape index (κ3) is 7.46. The van der Waals surface area contributed by atoms with Crippen LogP contribution < -0.4 is 11.1 Å². The Kier molecular flexibility index (Phi) is 5.82. The molecule has 3 N–H and O–H groups in total. The third-order valence-corrected chi connectivity index (χ3v) is 3.66. The van der Waals surface area contributed by atoms with E-state index >= 15 is 0 Å². The summed E-state index contributed by atoms with van der Waals surface area (Å²) in [6.07, 6.45) is 2.68. The van der Waals surface area contributed by atoms with Gasteiger partial charge in [-0.05, 0) is 30.5 Å². The maximum atomic E-state index is 11.5. The van der Waals surface area contributed by atoms with Crippen molar-refractivity contribution in [3.05, 3.63) is 29.8 Å². The first-order valence-electron chi connectivity index (χ1n) is 6.16. The first kappa shape index (κ1) is 15.5. The standard InChI is InChI=1S/C13H20N2O3S/c1-19(17,18)10-2-9-15-13(16)8-5-11-3-6-12(14)7-4-11/h3-4,6-7H,2,5,8-10,14H2,1H3,(H,15,16). The van der Waals surface area contributed by atoms with E-state index in [4.69, 9.17) is 5.73 Å². The van der Waals surface area contributed by atoms with E-state index in [1.165, 1.54) is 6.26 Å². The summed E-state index contributed by atoms with van der Waals surface area (Å²) in [5.41, 5.74) is 7.33. The summed E-state index contributed by atoms with van der Waals surface area (Å²) in [5.74, 6) is 0.0379. The largest absolute Gasteiger partial charge is 0.399 e. The van der Waals surface area contributed by atoms with Gasteiger partial charge >= 0.3 is 0 Å². The number of aryl methyl sites for hydroxylation is 1. The molecule has 6 heteroatoms. The van der Waals surface area contributed by atoms with Crippen molar-refractivity contribution in [1.82, 2.24) is 5.32 Å². The molecular weight excluding hydrogens is 264 g/mol. The second-order valence-electron chi connectivity index (χ2n) is 4.57. The van der Waals surface area contributed by atoms with Crippen LogP contribution in [0, 0.1) is 0 Å². The van der Waals surface area contributed by atoms with Gasteiger partial charge in [-0.15, -0.1) is 0 Å². The molecule has 19 heavy (non-hydrogen) atoms. The van der Waals surface area contributed by atoms with Crippen LogP contribution in [-0.4, -0.2) is 32.9 Å². The van der Waals surface area contributed by atoms with Crippen LogP contribution >= 0.6 is 0 Å². The van der Waals surface area contributed by atoms with Crippen LogP contribution in [0.1, 0.15) is 18.4 Å². The number of sulfone groups is 1. The van der Waals surface area contributed by atoms with E-state index < -0.39 is 9.84 Å². The van der Waals surface area contributed by atoms with Gasteiger partial charge < -0.3 is 11.1 Å². The Balaban J connectivity index is 2.19. The summed E-state index contributed by atoms with van der Waals surface area (Å²) >= 11 is 0. The Morgan fingerprint density at radius 1 is 1.26 bits per heavy atom. The van der Waals surface area contributed by atoms with E-state index in [9.17, 15) is 13.2 Å². The van der Waals surface area contributed by atoms with E-state index in [2.05, 4.69) is 5.32 Å². The second kappa shape index (κ2) is 7.13. The molecule has 1 amide bonds. The first-order valence-corrected chi connectivity index (χ1v) is 8.22. The smallest absolute Gasteiger partial charge is 0.220 e. The summed E-state index contributed by atoms with van der Waals surface area (Å²) in [4.78, 5) is 11.5. The molecule has 0 atom stereocenters. The number of anilines is 1. The minimum atomic E-state index is -2.94. The van der Waals surface area contributed by atoms with E-state index in [0.29, 0.717) is 31.5 Å². The van der Waals surface area contributed by atoms with E-state index in [-0.39, 0.29) is 11.7 Å². The van der Waals surface area contributed by atoms with E-state index in [1.807, 2.05) is 12.1 Å². The van der Waals surface area contributed by atoms with Crippen LogP contribution in [0.3, 0.4) is 0 Å². The molecule has 0 spiro atoms. The van der Waals surface area contributed by atoms with Crippen molar-refractivity contribution >= 4 is 21.4 Å². The van der Waals surface area contributed by atoms with Crippen molar-refractivity contribution in [3.8, 4) is 0 Å². The normalized spacial score (nSPS) is 11.2. The SMILES string of the molecule is CS(=O)(=O)CCCNC(=O)CCc1ccc(N)cc1. The van der Waals surface area contributed by atoms with Crippen LogP contribution in [0.4, 0.5) is 5.69 Å². The van der Waals surface area contributed by atoms with Crippen molar-refractivity contribution in [2.24, 2.45) is 0 Å². The lowest BCUT2D eigenvalue weighted by atomic mass is 10.1. The first-order chi connectivity index (χ1) is 8.87. The van der Waals surface area contributed by atoms with Gasteiger partial charge in [0.15, 0.2) is 0 Å². The number of nitrogens with two attached hydrogens (primary N) is 1. The molecule has 0 aliphatic carbocycles. The van der Waals surface area contributed by atoms with Gasteiger partial charge in [0, 0.05) is 24.9 Å². The van der Waals surface area contributed by atoms with Crippen molar-refractivity contribution in [3.63, 3.8) is 0 Å². The van der Waals surface area contributed by atoms with Crippen LogP contribution in [0.5, 0.6) is 0 Å². The molecular formula is C13H20N2O3S. The lowest BCUT2D eigenvalue weighted by Gasteiger charge is -2.05. The Morgan fingerprint density at radius 3 is 2.47 bits per heavy atom. The van der Waals surface area contributed by atoms with Gasteiger partial charge in [-0.1, -0.05) is 12.1 Å². The molecule has 1 rings (SSSR count). The number of carbonyl (C=O) groups excluding carboxylic acids is 1. The molecule has 0 fully saturated rings. The van der Waals surface area contributed by atoms with Crippen LogP contribution in [-0.2, 0) is 21.1 Å². The van der Waals surface area contributed by atoms with E-state index in [0.717, 1.165) is 5.56 Å². The third-order valence-electron chi connectivity index (χ3n) is 2.63. The molecule has 0 aliphatic heterocycles. The lowest BCUT2D eigenvalue weighted by molar-refractivity contribution is -0.121. The number of hydrogen-bond donors (Lipinski definition) is 2. The average molecular weight is 284 g/mol. The van der Waals surface area contributed by atoms with Gasteiger partial charge in [0.05, 0.1) is 5.75 Å². The number of carbonyl (C=O) groups is 1. The lowest BCUT2D eigenvalue weighted by Crippen LogP contribution is -2.26. The van der Waals surface area contributed by atoms with Crippen LogP contribution in [0.15, 0.2) is 24.3 Å². The minimum Gasteiger partial charge on any atom is -0.399 e. The predicted octanol–water partition coefficient (Wildman–Crippen LogP) is 0.752. The fourth-order valence-corrected chi connectivity index (χ4v) is 2.26. The maximum Gasteiger partial charge on any atom is 0.220 e. The zero-order chi connectivity index (χ0) is 14.3. The predicted molar refractivity (Wildman–Crippen MR) is 76.5 cm³/mol. The summed E-state index contributed by atoms with van der Waals surface area (Å²) in [5, 5.41) is 2.71. The molecule has 1 aromatic carbocycles. The van der Waals surface area contributed by atoms with Gasteiger partial charge in [0.2, 0.25) is 5.91 Å². The average Bonchev–Trinajstić information content (AvgIpc) is 2.33. The fourth-order valence-electron chi connectivity index (χ4n) is 1.59. The number of hydrogen-bond acceptors (Lipinski definition) is 4. The van der Waals surface area contributed by atoms with Gasteiger partial charge in [-0.25, -0.2) is 8.42 Å². The van der Waals surface area contributed by atoms with Gasteiger partial charge in [0.1, 0.15) is 9.84 Å². The molecule has 1 aromatic rings. The Bertz CT molecular complexity index is 509. The molecule has 0 unspecified atom stereocenters. The Morgan fingerprint density at radius 2 is 1.89 bits per heavy atom. The number of nitrogens with one attached hydrogen (secondary N) is 1. The van der Waals surface area contributed by atoms with Crippen LogP contribution in [0.25, 0.3) is 0 Å². The highest BCUT2D eigenvalue weighted by molar-refractivity contribution is 7.90. The van der Waals surface area contributed by atoms with Gasteiger partial charge in [-0.3, -0.25) is 4.79 Å². The molecule has 0 heterocycles. The number of benzene rings is 1. The summed E-state index contributed by atoms with van der Waals surface area (Å²) in [6.45, 7) is 0.396. The quantitative estimate of drug-likeness (QED) is 0.571. The Labute approximate surface area is 114 Å². The molecule has 0 bridgehead atoms. The number of nitrogen functional groups attached to an aromatic ring is 1. The summed E-state index contributed by atoms with van der Waals surface area (Å²) in [6, 6.07) is 7.40. The minimum absolute atomic E-state index is 0.0645. The number of rotatable bonds is 7. The van der Waals surface area contributed by atoms with Crippen molar-refractivity contribution in [2.75, 3.05) is 24.3 Å². The van der Waals surface area contributed by atoms with Crippen molar-refractivity contribution < 1.29 is 13.2 Å². The molecule has 0 aliphatic rings. The molecule has 5 nitrogen and oxygen atoms in total. The monoisotopic (exact) mass is 284 g/mol. The summed E-state index contributed by atoms with van der Waals surface area (Å²) < 4.78 is 21.8. The highest BCUT2D eigenvalue weighted by Crippen LogP contribution is 2.07. The maximum absolute atomic E-state index is 11.5. The second-order valence-corrected chi connectivity index (χ2v) is 6.83. The molecule has 0 radical (unpaired) electrons. The zero-order valence-electron chi connectivity index (χ0n) is 11.1. The summed E-state index contributed by atoms with van der Waals surface area (Å²) in [7, 11) is -2.94. The zero-order valence-corrected chi connectivity index (χ0v) is 11.9. The number of amides is 1. The highest BCUT2D eigenvalue weighted by Gasteiger charge is 2.04. The molecule has 0 saturated carbocycles. The highest BCUT2D eigenvalue weighted by atomic mass is 32.2. The topological polar surface area (TPSA) is 89.3 Å². The fraction of sp³-hybridized carbons (Fsp3) is 0.462. The Hall–Kier alpha value is -1.56. The van der Waals surface area contributed by atoms with Crippen molar-refractivity contribution in [1.29, 1.82) is 0 Å². The molecule has 0 saturated heterocycles. The van der Waals surface area contributed by atoms with Gasteiger partial charge in [-0.2, -0.15) is 0 Å². The van der Waals surface area contributed by atoms with E-state index in [1.54, 1.807) is 12.1 Å². The van der Waals surface area contributed by atoms with Crippen LogP contribution in [0.2, 0.25) is 0 Å². The van der Waals surface area contributed by atoms with Gasteiger partial charge in [0.25, 0.3) is 0 Å². The van der Waals surface area contributed by atoms with Crippen molar-refractivity contribution in [2.45, 2.75) is 19.3 Å². The molecule has 106 valence electrons.